The molecular formula is C30H21N3O2S2. The molecule has 0 unspecified atom stereocenters. The molecule has 0 fully saturated rings. The number of fused-ring (bicyclic) bond motifs is 2. The van der Waals surface area contributed by atoms with E-state index < -0.39 is 0 Å². The van der Waals surface area contributed by atoms with Gasteiger partial charge in [-0.25, -0.2) is 4.99 Å². The lowest BCUT2D eigenvalue weighted by molar-refractivity contribution is -0.115. The van der Waals surface area contributed by atoms with Crippen molar-refractivity contribution in [1.82, 2.24) is 0 Å². The number of nitrogens with zero attached hydrogens (tertiary/aromatic N) is 3. The monoisotopic (exact) mass is 519 g/mol. The molecule has 7 heteroatoms. The van der Waals surface area contributed by atoms with Crippen LogP contribution in [0.4, 0.5) is 17.1 Å². The standard InChI is InChI=1S/C30H21N3O2S2/c34-28(33-24-15-7-9-17-26(24)37-27-18-10-8-16-25(27)33)20-36-30-31-23(19-21-11-3-1-4-12-21)29(35)32(30)22-13-5-2-6-14-22/h1-19H,20H2. The Kier molecular flexibility index (Phi) is 6.39. The van der Waals surface area contributed by atoms with Gasteiger partial charge in [-0.3, -0.25) is 19.4 Å². The first-order chi connectivity index (χ1) is 18.2. The third-order valence-corrected chi connectivity index (χ3v) is 8.01. The van der Waals surface area contributed by atoms with Crippen molar-refractivity contribution in [2.24, 2.45) is 4.99 Å². The highest BCUT2D eigenvalue weighted by atomic mass is 32.2. The Morgan fingerprint density at radius 2 is 1.35 bits per heavy atom. The summed E-state index contributed by atoms with van der Waals surface area (Å²) in [5.74, 6) is -0.162. The lowest BCUT2D eigenvalue weighted by atomic mass is 10.2. The average Bonchev–Trinajstić information content (AvgIpc) is 3.25. The predicted molar refractivity (Wildman–Crippen MR) is 152 cm³/mol. The van der Waals surface area contributed by atoms with Crippen molar-refractivity contribution >= 4 is 63.6 Å². The number of anilines is 3. The Morgan fingerprint density at radius 3 is 2.00 bits per heavy atom. The van der Waals surface area contributed by atoms with Gasteiger partial charge < -0.3 is 0 Å². The molecule has 0 atom stereocenters. The number of thioether (sulfide) groups is 1. The molecule has 0 aromatic heterocycles. The zero-order chi connectivity index (χ0) is 25.2. The number of amidine groups is 1. The van der Waals surface area contributed by atoms with Crippen LogP contribution in [0.25, 0.3) is 6.08 Å². The molecule has 5 nitrogen and oxygen atoms in total. The topological polar surface area (TPSA) is 53.0 Å². The third-order valence-electron chi connectivity index (χ3n) is 5.95. The van der Waals surface area contributed by atoms with Crippen LogP contribution in [0.2, 0.25) is 0 Å². The van der Waals surface area contributed by atoms with Gasteiger partial charge in [0, 0.05) is 9.79 Å². The Hall–Kier alpha value is -4.07. The van der Waals surface area contributed by atoms with Gasteiger partial charge >= 0.3 is 0 Å². The van der Waals surface area contributed by atoms with E-state index in [9.17, 15) is 9.59 Å². The second kappa shape index (κ2) is 10.1. The molecule has 2 aliphatic heterocycles. The minimum atomic E-state index is -0.213. The number of carbonyl (C=O) groups excluding carboxylic acids is 2. The van der Waals surface area contributed by atoms with E-state index >= 15 is 0 Å². The van der Waals surface area contributed by atoms with Gasteiger partial charge in [0.1, 0.15) is 5.70 Å². The molecule has 0 saturated heterocycles. The number of amides is 2. The van der Waals surface area contributed by atoms with E-state index in [1.165, 1.54) is 11.8 Å². The molecule has 4 aromatic carbocycles. The highest BCUT2D eigenvalue weighted by Crippen LogP contribution is 2.48. The van der Waals surface area contributed by atoms with Crippen LogP contribution in [0, 0.1) is 0 Å². The fourth-order valence-corrected chi connectivity index (χ4v) is 6.19. The van der Waals surface area contributed by atoms with Crippen molar-refractivity contribution in [1.29, 1.82) is 0 Å². The molecule has 6 rings (SSSR count). The van der Waals surface area contributed by atoms with Crippen LogP contribution < -0.4 is 9.80 Å². The van der Waals surface area contributed by atoms with E-state index in [0.29, 0.717) is 16.6 Å². The zero-order valence-corrected chi connectivity index (χ0v) is 21.3. The molecule has 0 spiro atoms. The normalized spacial score (nSPS) is 15.4. The second-order valence-corrected chi connectivity index (χ2v) is 10.4. The first kappa shape index (κ1) is 23.3. The lowest BCUT2D eigenvalue weighted by Gasteiger charge is -2.31. The Morgan fingerprint density at radius 1 is 0.784 bits per heavy atom. The number of aliphatic imine (C=N–C) groups is 1. The fraction of sp³-hybridized carbons (Fsp3) is 0.0333. The van der Waals surface area contributed by atoms with Gasteiger partial charge in [-0.1, -0.05) is 96.3 Å². The minimum absolute atomic E-state index is 0.0751. The maximum atomic E-state index is 13.7. The molecule has 0 radical (unpaired) electrons. The quantitative estimate of drug-likeness (QED) is 0.273. The van der Waals surface area contributed by atoms with Crippen molar-refractivity contribution in [3.05, 3.63) is 120 Å². The van der Waals surface area contributed by atoms with E-state index in [1.54, 1.807) is 27.6 Å². The molecule has 180 valence electrons. The summed E-state index contributed by atoms with van der Waals surface area (Å²) in [6.45, 7) is 0. The number of para-hydroxylation sites is 3. The van der Waals surface area contributed by atoms with Crippen molar-refractivity contribution in [2.75, 3.05) is 15.6 Å². The van der Waals surface area contributed by atoms with Gasteiger partial charge in [0.2, 0.25) is 5.91 Å². The average molecular weight is 520 g/mol. The Labute approximate surface area is 223 Å². The molecular weight excluding hydrogens is 498 g/mol. The van der Waals surface area contributed by atoms with E-state index in [1.807, 2.05) is 109 Å². The summed E-state index contributed by atoms with van der Waals surface area (Å²) in [4.78, 5) is 37.2. The van der Waals surface area contributed by atoms with E-state index in [-0.39, 0.29) is 17.6 Å². The first-order valence-corrected chi connectivity index (χ1v) is 13.6. The van der Waals surface area contributed by atoms with Crippen molar-refractivity contribution in [3.8, 4) is 0 Å². The highest BCUT2D eigenvalue weighted by molar-refractivity contribution is 8.14. The van der Waals surface area contributed by atoms with Crippen molar-refractivity contribution in [2.45, 2.75) is 9.79 Å². The molecule has 2 amide bonds. The summed E-state index contributed by atoms with van der Waals surface area (Å²) >= 11 is 2.93. The lowest BCUT2D eigenvalue weighted by Crippen LogP contribution is -2.33. The number of carbonyl (C=O) groups is 2. The zero-order valence-electron chi connectivity index (χ0n) is 19.7. The molecule has 4 aromatic rings. The summed E-state index contributed by atoms with van der Waals surface area (Å²) in [5.41, 5.74) is 3.68. The molecule has 2 heterocycles. The molecule has 0 saturated carbocycles. The Balaban J connectivity index is 1.31. The Bertz CT molecular complexity index is 1510. The van der Waals surface area contributed by atoms with Crippen molar-refractivity contribution in [3.63, 3.8) is 0 Å². The predicted octanol–water partition coefficient (Wildman–Crippen LogP) is 6.99. The van der Waals surface area contributed by atoms with Crippen LogP contribution in [0.3, 0.4) is 0 Å². The number of hydrogen-bond acceptors (Lipinski definition) is 5. The summed E-state index contributed by atoms with van der Waals surface area (Å²) in [5, 5.41) is 0.486. The van der Waals surface area contributed by atoms with Crippen LogP contribution in [0.15, 0.2) is 130 Å². The van der Waals surface area contributed by atoms with E-state index in [4.69, 9.17) is 0 Å². The maximum Gasteiger partial charge on any atom is 0.283 e. The van der Waals surface area contributed by atoms with E-state index in [0.717, 1.165) is 26.7 Å². The van der Waals surface area contributed by atoms with Gasteiger partial charge in [-0.05, 0) is 48.0 Å². The van der Waals surface area contributed by atoms with Crippen LogP contribution in [-0.4, -0.2) is 22.7 Å². The van der Waals surface area contributed by atoms with Gasteiger partial charge in [-0.2, -0.15) is 0 Å². The molecule has 2 aliphatic rings. The van der Waals surface area contributed by atoms with Gasteiger partial charge in [0.25, 0.3) is 5.91 Å². The number of hydrogen-bond donors (Lipinski definition) is 0. The third kappa shape index (κ3) is 4.59. The molecule has 0 aliphatic carbocycles. The van der Waals surface area contributed by atoms with Crippen LogP contribution in [-0.2, 0) is 9.59 Å². The van der Waals surface area contributed by atoms with Gasteiger partial charge in [-0.15, -0.1) is 0 Å². The fourth-order valence-electron chi connectivity index (χ4n) is 4.27. The van der Waals surface area contributed by atoms with Gasteiger partial charge in [0.15, 0.2) is 5.17 Å². The highest BCUT2D eigenvalue weighted by Gasteiger charge is 2.34. The smallest absolute Gasteiger partial charge is 0.278 e. The second-order valence-electron chi connectivity index (χ2n) is 8.37. The first-order valence-electron chi connectivity index (χ1n) is 11.8. The number of rotatable bonds is 4. The summed E-state index contributed by atoms with van der Waals surface area (Å²) in [7, 11) is 0. The summed E-state index contributed by atoms with van der Waals surface area (Å²) in [6, 6.07) is 34.9. The van der Waals surface area contributed by atoms with Crippen LogP contribution in [0.1, 0.15) is 5.56 Å². The maximum absolute atomic E-state index is 13.7. The summed E-state index contributed by atoms with van der Waals surface area (Å²) in [6.07, 6.45) is 1.78. The number of benzene rings is 4. The molecule has 37 heavy (non-hydrogen) atoms. The van der Waals surface area contributed by atoms with Crippen LogP contribution in [0.5, 0.6) is 0 Å². The minimum Gasteiger partial charge on any atom is -0.278 e. The molecule has 0 bridgehead atoms. The van der Waals surface area contributed by atoms with Gasteiger partial charge in [0.05, 0.1) is 22.8 Å². The van der Waals surface area contributed by atoms with Crippen molar-refractivity contribution < 1.29 is 9.59 Å². The van der Waals surface area contributed by atoms with E-state index in [2.05, 4.69) is 4.99 Å². The summed E-state index contributed by atoms with van der Waals surface area (Å²) < 4.78 is 0. The largest absolute Gasteiger partial charge is 0.283 e. The molecule has 0 N–H and O–H groups in total. The van der Waals surface area contributed by atoms with Crippen LogP contribution >= 0.6 is 23.5 Å². The SMILES string of the molecule is O=C1C(=Cc2ccccc2)N=C(SCC(=O)N2c3ccccc3Sc3ccccc32)N1c1ccccc1.